The van der Waals surface area contributed by atoms with E-state index in [1.165, 1.54) is 0 Å². The summed E-state index contributed by atoms with van der Waals surface area (Å²) in [6, 6.07) is 0.297. The Hall–Kier alpha value is 0.230. The van der Waals surface area contributed by atoms with Crippen molar-refractivity contribution in [3.63, 3.8) is 0 Å². The van der Waals surface area contributed by atoms with Gasteiger partial charge < -0.3 is 9.66 Å². The molecular weight excluding hydrogens is 210 g/mol. The molecule has 1 atom stereocenters. The Morgan fingerprint density at radius 1 is 1.33 bits per heavy atom. The molecule has 0 radical (unpaired) electrons. The molecule has 1 aliphatic rings. The van der Waals surface area contributed by atoms with Crippen molar-refractivity contribution < 1.29 is 9.66 Å². The Labute approximate surface area is 96.0 Å². The average Bonchev–Trinajstić information content (AvgIpc) is 2.07. The van der Waals surface area contributed by atoms with Gasteiger partial charge >= 0.3 is 0 Å². The fourth-order valence-corrected chi connectivity index (χ4v) is 2.58. The van der Waals surface area contributed by atoms with Gasteiger partial charge in [-0.1, -0.05) is 0 Å². The SMILES string of the molecule is CC(C)(C)[S@@+]([O-])N[C@H]1CC[C@](C)(O)CC1. The molecule has 4 heteroatoms. The second-order valence-electron chi connectivity index (χ2n) is 5.77. The maximum absolute atomic E-state index is 11.8. The van der Waals surface area contributed by atoms with Gasteiger partial charge in [0.2, 0.25) is 0 Å². The summed E-state index contributed by atoms with van der Waals surface area (Å²) in [5.41, 5.74) is -0.512. The first-order chi connectivity index (χ1) is 6.71. The summed E-state index contributed by atoms with van der Waals surface area (Å²) in [6.45, 7) is 7.78. The monoisotopic (exact) mass is 233 g/mol. The van der Waals surface area contributed by atoms with E-state index in [1.54, 1.807) is 0 Å². The first kappa shape index (κ1) is 13.3. The lowest BCUT2D eigenvalue weighted by Crippen LogP contribution is -2.47. The molecule has 0 heterocycles. The summed E-state index contributed by atoms with van der Waals surface area (Å²) in [5, 5.41) is 9.78. The van der Waals surface area contributed by atoms with Crippen molar-refractivity contribution in [3.05, 3.63) is 0 Å². The van der Waals surface area contributed by atoms with Gasteiger partial charge in [-0.3, -0.25) is 0 Å². The molecule has 0 aromatic carbocycles. The zero-order valence-corrected chi connectivity index (χ0v) is 11.0. The zero-order chi connectivity index (χ0) is 11.7. The fourth-order valence-electron chi connectivity index (χ4n) is 1.69. The topological polar surface area (TPSA) is 55.3 Å². The van der Waals surface area contributed by atoms with Crippen molar-refractivity contribution >= 4 is 11.4 Å². The van der Waals surface area contributed by atoms with Crippen molar-refractivity contribution in [2.24, 2.45) is 0 Å². The van der Waals surface area contributed by atoms with Gasteiger partial charge in [-0.05, 0) is 53.4 Å². The predicted octanol–water partition coefficient (Wildman–Crippen LogP) is 1.73. The van der Waals surface area contributed by atoms with Crippen LogP contribution in [0, 0.1) is 0 Å². The lowest BCUT2D eigenvalue weighted by Gasteiger charge is -2.35. The standard InChI is InChI=1S/C11H23NO2S/c1-10(2,3)15(14)12-9-5-7-11(4,13)8-6-9/h9,12-13H,5-8H2,1-4H3/t9-,11-,15-/m1/s1. The van der Waals surface area contributed by atoms with E-state index >= 15 is 0 Å². The van der Waals surface area contributed by atoms with Crippen molar-refractivity contribution in [1.82, 2.24) is 4.72 Å². The highest BCUT2D eigenvalue weighted by molar-refractivity contribution is 7.90. The number of hydrogen-bond donors (Lipinski definition) is 2. The third-order valence-electron chi connectivity index (χ3n) is 2.89. The van der Waals surface area contributed by atoms with Gasteiger partial charge in [0.05, 0.1) is 11.6 Å². The third kappa shape index (κ3) is 4.31. The van der Waals surface area contributed by atoms with Gasteiger partial charge in [0.25, 0.3) is 0 Å². The van der Waals surface area contributed by atoms with Crippen molar-refractivity contribution in [3.8, 4) is 0 Å². The van der Waals surface area contributed by atoms with Gasteiger partial charge in [0.1, 0.15) is 4.75 Å². The summed E-state index contributed by atoms with van der Waals surface area (Å²) in [4.78, 5) is 0. The first-order valence-electron chi connectivity index (χ1n) is 5.61. The van der Waals surface area contributed by atoms with Gasteiger partial charge in [0.15, 0.2) is 0 Å². The van der Waals surface area contributed by atoms with Crippen LogP contribution >= 0.6 is 0 Å². The highest BCUT2D eigenvalue weighted by Crippen LogP contribution is 2.28. The number of nitrogens with one attached hydrogen (secondary N) is 1. The summed E-state index contributed by atoms with van der Waals surface area (Å²) < 4.78 is 14.8. The Bertz CT molecular complexity index is 203. The van der Waals surface area contributed by atoms with Crippen LogP contribution in [0.2, 0.25) is 0 Å². The molecule has 2 N–H and O–H groups in total. The van der Waals surface area contributed by atoms with Crippen LogP contribution in [-0.2, 0) is 11.4 Å². The molecule has 0 unspecified atom stereocenters. The zero-order valence-electron chi connectivity index (χ0n) is 10.2. The highest BCUT2D eigenvalue weighted by atomic mass is 32.2. The normalized spacial score (nSPS) is 35.2. The largest absolute Gasteiger partial charge is 0.598 e. The molecule has 1 saturated carbocycles. The van der Waals surface area contributed by atoms with Crippen molar-refractivity contribution in [2.75, 3.05) is 0 Å². The quantitative estimate of drug-likeness (QED) is 0.714. The maximum Gasteiger partial charge on any atom is 0.136 e. The van der Waals surface area contributed by atoms with Crippen molar-refractivity contribution in [1.29, 1.82) is 0 Å². The average molecular weight is 233 g/mol. The Morgan fingerprint density at radius 3 is 2.20 bits per heavy atom. The minimum atomic E-state index is -0.991. The summed E-state index contributed by atoms with van der Waals surface area (Å²) in [6.07, 6.45) is 3.42. The molecule has 0 bridgehead atoms. The van der Waals surface area contributed by atoms with Gasteiger partial charge in [0, 0.05) is 11.4 Å². The molecule has 3 nitrogen and oxygen atoms in total. The number of hydrogen-bond acceptors (Lipinski definition) is 3. The lowest BCUT2D eigenvalue weighted by atomic mass is 9.84. The minimum absolute atomic E-state index is 0.208. The van der Waals surface area contributed by atoms with Gasteiger partial charge in [-0.2, -0.15) is 0 Å². The molecule has 1 rings (SSSR count). The first-order valence-corrected chi connectivity index (χ1v) is 6.76. The molecule has 15 heavy (non-hydrogen) atoms. The van der Waals surface area contributed by atoms with E-state index in [0.717, 1.165) is 25.7 Å². The Kier molecular flexibility index (Phi) is 4.09. The van der Waals surface area contributed by atoms with Crippen LogP contribution in [0.25, 0.3) is 0 Å². The van der Waals surface area contributed by atoms with Crippen LogP contribution in [0.1, 0.15) is 53.4 Å². The molecule has 0 amide bonds. The third-order valence-corrected chi connectivity index (χ3v) is 4.55. The molecule has 0 spiro atoms. The predicted molar refractivity (Wildman–Crippen MR) is 63.9 cm³/mol. The van der Waals surface area contributed by atoms with E-state index in [1.807, 2.05) is 27.7 Å². The van der Waals surface area contributed by atoms with E-state index in [9.17, 15) is 9.66 Å². The smallest absolute Gasteiger partial charge is 0.136 e. The summed E-state index contributed by atoms with van der Waals surface area (Å²) in [5.74, 6) is 0. The molecule has 1 fully saturated rings. The van der Waals surface area contributed by atoms with E-state index in [2.05, 4.69) is 4.72 Å². The number of rotatable bonds is 2. The molecule has 0 aliphatic heterocycles. The van der Waals surface area contributed by atoms with Gasteiger partial charge in [-0.15, -0.1) is 4.72 Å². The van der Waals surface area contributed by atoms with Crippen LogP contribution in [0.15, 0.2) is 0 Å². The number of aliphatic hydroxyl groups is 1. The molecule has 1 aliphatic carbocycles. The lowest BCUT2D eigenvalue weighted by molar-refractivity contribution is 0.0163. The van der Waals surface area contributed by atoms with Crippen LogP contribution < -0.4 is 4.72 Å². The van der Waals surface area contributed by atoms with Crippen LogP contribution in [0.4, 0.5) is 0 Å². The molecule has 0 aromatic rings. The van der Waals surface area contributed by atoms with E-state index < -0.39 is 17.0 Å². The molecule has 0 saturated heterocycles. The van der Waals surface area contributed by atoms with Crippen molar-refractivity contribution in [2.45, 2.75) is 69.8 Å². The maximum atomic E-state index is 11.8. The second-order valence-corrected chi connectivity index (χ2v) is 7.77. The molecule has 0 aromatic heterocycles. The van der Waals surface area contributed by atoms with E-state index in [0.29, 0.717) is 6.04 Å². The Balaban J connectivity index is 2.36. The van der Waals surface area contributed by atoms with Crippen LogP contribution in [0.3, 0.4) is 0 Å². The molecular formula is C11H23NO2S. The van der Waals surface area contributed by atoms with E-state index in [-0.39, 0.29) is 4.75 Å². The highest BCUT2D eigenvalue weighted by Gasteiger charge is 2.34. The Morgan fingerprint density at radius 2 is 1.80 bits per heavy atom. The fraction of sp³-hybridized carbons (Fsp3) is 1.00. The minimum Gasteiger partial charge on any atom is -0.598 e. The molecule has 90 valence electrons. The van der Waals surface area contributed by atoms with Gasteiger partial charge in [-0.25, -0.2) is 0 Å². The van der Waals surface area contributed by atoms with Crippen LogP contribution in [0.5, 0.6) is 0 Å². The van der Waals surface area contributed by atoms with Crippen LogP contribution in [-0.4, -0.2) is 26.0 Å². The summed E-state index contributed by atoms with van der Waals surface area (Å²) >= 11 is -0.991. The summed E-state index contributed by atoms with van der Waals surface area (Å²) in [7, 11) is 0. The second kappa shape index (κ2) is 4.62. The van der Waals surface area contributed by atoms with E-state index in [4.69, 9.17) is 0 Å².